The van der Waals surface area contributed by atoms with Crippen LogP contribution in [0.1, 0.15) is 0 Å². The van der Waals surface area contributed by atoms with Crippen LogP contribution >= 0.6 is 0 Å². The van der Waals surface area contributed by atoms with E-state index in [-0.39, 0.29) is 0 Å². The summed E-state index contributed by atoms with van der Waals surface area (Å²) in [6.45, 7) is 0. The van der Waals surface area contributed by atoms with E-state index in [0.717, 1.165) is 16.2 Å². The molecule has 0 N–H and O–H groups in total. The maximum Gasteiger partial charge on any atom is 0.0453 e. The number of rotatable bonds is 1. The van der Waals surface area contributed by atoms with Crippen molar-refractivity contribution in [3.63, 3.8) is 0 Å². The van der Waals surface area contributed by atoms with Crippen LogP contribution in [0, 0.1) is 0 Å². The van der Waals surface area contributed by atoms with Crippen molar-refractivity contribution in [3.05, 3.63) is 65.0 Å². The van der Waals surface area contributed by atoms with Crippen LogP contribution in [0.15, 0.2) is 59.7 Å². The van der Waals surface area contributed by atoms with Crippen molar-refractivity contribution in [2.24, 2.45) is 5.11 Å². The number of azide groups is 1. The van der Waals surface area contributed by atoms with Crippen LogP contribution in [0.3, 0.4) is 0 Å². The van der Waals surface area contributed by atoms with Gasteiger partial charge in [-0.1, -0.05) is 47.6 Å². The number of nitrogens with zero attached hydrogens (tertiary/aromatic N) is 3. The average molecular weight is 219 g/mol. The average Bonchev–Trinajstić information content (AvgIpc) is 2.37. The quantitative estimate of drug-likeness (QED) is 0.241. The Morgan fingerprint density at radius 2 is 1.53 bits per heavy atom. The van der Waals surface area contributed by atoms with Gasteiger partial charge in [0, 0.05) is 10.6 Å². The fourth-order valence-electron chi connectivity index (χ4n) is 2.09. The molecule has 0 aliphatic heterocycles. The Balaban J connectivity index is 2.47. The van der Waals surface area contributed by atoms with E-state index in [9.17, 15) is 0 Å². The van der Waals surface area contributed by atoms with Gasteiger partial charge in [0.05, 0.1) is 0 Å². The summed E-state index contributed by atoms with van der Waals surface area (Å²) < 4.78 is 0. The molecule has 0 amide bonds. The van der Waals surface area contributed by atoms with Crippen LogP contribution < -0.4 is 0 Å². The Morgan fingerprint density at radius 3 is 2.29 bits per heavy atom. The molecule has 0 fully saturated rings. The van der Waals surface area contributed by atoms with Gasteiger partial charge in [0.15, 0.2) is 0 Å². The van der Waals surface area contributed by atoms with Crippen LogP contribution in [-0.4, -0.2) is 0 Å². The summed E-state index contributed by atoms with van der Waals surface area (Å²) in [5.74, 6) is 0. The zero-order valence-electron chi connectivity index (χ0n) is 9.04. The molecule has 3 rings (SSSR count). The van der Waals surface area contributed by atoms with Gasteiger partial charge in [0.25, 0.3) is 0 Å². The van der Waals surface area contributed by atoms with E-state index in [4.69, 9.17) is 5.53 Å². The zero-order valence-corrected chi connectivity index (χ0v) is 9.04. The molecule has 3 nitrogen and oxygen atoms in total. The zero-order chi connectivity index (χ0) is 11.7. The highest BCUT2D eigenvalue weighted by atomic mass is 15.1. The summed E-state index contributed by atoms with van der Waals surface area (Å²) in [6, 6.07) is 18.1. The van der Waals surface area contributed by atoms with E-state index in [2.05, 4.69) is 34.3 Å². The molecule has 3 aromatic rings. The van der Waals surface area contributed by atoms with E-state index < -0.39 is 0 Å². The molecule has 0 bridgehead atoms. The second-order valence-corrected chi connectivity index (χ2v) is 3.89. The van der Waals surface area contributed by atoms with Crippen LogP contribution in [0.2, 0.25) is 0 Å². The van der Waals surface area contributed by atoms with Gasteiger partial charge < -0.3 is 0 Å². The van der Waals surface area contributed by atoms with Crippen LogP contribution in [0.5, 0.6) is 0 Å². The standard InChI is InChI=1S/C14H9N3/c15-17-16-14-7-3-6-12-8-10-4-1-2-5-11(10)9-13(12)14/h1-9H. The first-order chi connectivity index (χ1) is 8.38. The molecule has 0 atom stereocenters. The molecule has 0 spiro atoms. The lowest BCUT2D eigenvalue weighted by molar-refractivity contribution is 1.52. The maximum absolute atomic E-state index is 8.55. The van der Waals surface area contributed by atoms with Crippen LogP contribution in [0.25, 0.3) is 32.0 Å². The molecule has 0 radical (unpaired) electrons. The van der Waals surface area contributed by atoms with Gasteiger partial charge in [-0.3, -0.25) is 0 Å². The highest BCUT2D eigenvalue weighted by Crippen LogP contribution is 2.30. The minimum Gasteiger partial charge on any atom is -0.0616 e. The van der Waals surface area contributed by atoms with Gasteiger partial charge in [-0.25, -0.2) is 0 Å². The monoisotopic (exact) mass is 219 g/mol. The fraction of sp³-hybridized carbons (Fsp3) is 0. The Labute approximate surface area is 97.9 Å². The van der Waals surface area contributed by atoms with Crippen molar-refractivity contribution in [3.8, 4) is 0 Å². The Hall–Kier alpha value is -2.51. The number of hydrogen-bond acceptors (Lipinski definition) is 1. The summed E-state index contributed by atoms with van der Waals surface area (Å²) in [4.78, 5) is 2.86. The van der Waals surface area contributed by atoms with Gasteiger partial charge in [-0.15, -0.1) is 0 Å². The van der Waals surface area contributed by atoms with Gasteiger partial charge in [-0.05, 0) is 39.2 Å². The van der Waals surface area contributed by atoms with Crippen molar-refractivity contribution in [1.29, 1.82) is 0 Å². The van der Waals surface area contributed by atoms with Gasteiger partial charge in [-0.2, -0.15) is 0 Å². The third-order valence-electron chi connectivity index (χ3n) is 2.88. The summed E-state index contributed by atoms with van der Waals surface area (Å²) in [5.41, 5.74) is 9.23. The minimum atomic E-state index is 0.677. The minimum absolute atomic E-state index is 0.677. The van der Waals surface area contributed by atoms with Gasteiger partial charge >= 0.3 is 0 Å². The van der Waals surface area contributed by atoms with E-state index in [0.29, 0.717) is 5.69 Å². The first-order valence-corrected chi connectivity index (χ1v) is 5.35. The molecule has 80 valence electrons. The van der Waals surface area contributed by atoms with Gasteiger partial charge in [0.1, 0.15) is 0 Å². The van der Waals surface area contributed by atoms with Crippen LogP contribution in [-0.2, 0) is 0 Å². The van der Waals surface area contributed by atoms with E-state index in [1.54, 1.807) is 0 Å². The number of hydrogen-bond donors (Lipinski definition) is 0. The third kappa shape index (κ3) is 1.59. The maximum atomic E-state index is 8.55. The second-order valence-electron chi connectivity index (χ2n) is 3.89. The highest BCUT2D eigenvalue weighted by molar-refractivity contribution is 6.02. The number of benzene rings is 3. The van der Waals surface area contributed by atoms with Crippen molar-refractivity contribution < 1.29 is 0 Å². The Morgan fingerprint density at radius 1 is 0.824 bits per heavy atom. The molecule has 3 aromatic carbocycles. The first kappa shape index (κ1) is 9.70. The SMILES string of the molecule is [N-]=[N+]=Nc1cccc2cc3ccccc3cc12. The molecule has 3 heteroatoms. The predicted octanol–water partition coefficient (Wildman–Crippen LogP) is 4.93. The molecular weight excluding hydrogens is 210 g/mol. The van der Waals surface area contributed by atoms with Crippen molar-refractivity contribution in [1.82, 2.24) is 0 Å². The van der Waals surface area contributed by atoms with E-state index in [1.165, 1.54) is 5.39 Å². The molecular formula is C14H9N3. The second kappa shape index (κ2) is 3.81. The molecule has 0 heterocycles. The summed E-state index contributed by atoms with van der Waals surface area (Å²) in [7, 11) is 0. The largest absolute Gasteiger partial charge is 0.0616 e. The number of fused-ring (bicyclic) bond motifs is 2. The molecule has 0 saturated heterocycles. The fourth-order valence-corrected chi connectivity index (χ4v) is 2.09. The topological polar surface area (TPSA) is 48.8 Å². The third-order valence-corrected chi connectivity index (χ3v) is 2.88. The lowest BCUT2D eigenvalue weighted by atomic mass is 10.0. The highest BCUT2D eigenvalue weighted by Gasteiger charge is 2.01. The Kier molecular flexibility index (Phi) is 2.18. The van der Waals surface area contributed by atoms with Crippen molar-refractivity contribution >= 4 is 27.2 Å². The van der Waals surface area contributed by atoms with Crippen LogP contribution in [0.4, 0.5) is 5.69 Å². The summed E-state index contributed by atoms with van der Waals surface area (Å²) >= 11 is 0. The summed E-state index contributed by atoms with van der Waals surface area (Å²) in [6.07, 6.45) is 0. The molecule has 0 aliphatic rings. The molecule has 0 aliphatic carbocycles. The normalized spacial score (nSPS) is 10.4. The van der Waals surface area contributed by atoms with Gasteiger partial charge in [0.2, 0.25) is 0 Å². The molecule has 0 aromatic heterocycles. The summed E-state index contributed by atoms with van der Waals surface area (Å²) in [5, 5.41) is 8.15. The van der Waals surface area contributed by atoms with E-state index in [1.807, 2.05) is 30.3 Å². The molecule has 0 saturated carbocycles. The lowest BCUT2D eigenvalue weighted by Crippen LogP contribution is -1.76. The molecule has 0 unspecified atom stereocenters. The predicted molar refractivity (Wildman–Crippen MR) is 70.3 cm³/mol. The Bertz CT molecular complexity index is 756. The molecule has 17 heavy (non-hydrogen) atoms. The van der Waals surface area contributed by atoms with Crippen molar-refractivity contribution in [2.75, 3.05) is 0 Å². The lowest BCUT2D eigenvalue weighted by Gasteiger charge is -2.04. The smallest absolute Gasteiger partial charge is 0.0453 e. The van der Waals surface area contributed by atoms with Crippen molar-refractivity contribution in [2.45, 2.75) is 0 Å². The first-order valence-electron chi connectivity index (χ1n) is 5.35. The van der Waals surface area contributed by atoms with E-state index >= 15 is 0 Å².